The summed E-state index contributed by atoms with van der Waals surface area (Å²) in [6.07, 6.45) is 6.09. The zero-order valence-electron chi connectivity index (χ0n) is 27.7. The van der Waals surface area contributed by atoms with Gasteiger partial charge < -0.3 is 20.3 Å². The largest absolute Gasteiger partial charge is 0.445 e. The first-order valence-electron chi connectivity index (χ1n) is 16.6. The molecule has 3 aromatic rings. The summed E-state index contributed by atoms with van der Waals surface area (Å²) in [5, 5.41) is 5.64. The fourth-order valence-corrected chi connectivity index (χ4v) is 8.61. The number of alkyl carbamates (subject to hydrolysis) is 1. The number of sulfonamides is 2. The highest BCUT2D eigenvalue weighted by atomic mass is 32.2. The molecule has 0 atom stereocenters. The van der Waals surface area contributed by atoms with Gasteiger partial charge in [0.15, 0.2) is 0 Å². The van der Waals surface area contributed by atoms with E-state index in [1.165, 1.54) is 50.6 Å². The number of ether oxygens (including phenoxy) is 1. The minimum Gasteiger partial charge on any atom is -0.445 e. The lowest BCUT2D eigenvalue weighted by Gasteiger charge is -2.41. The maximum absolute atomic E-state index is 13.6. The van der Waals surface area contributed by atoms with Crippen LogP contribution in [0.5, 0.6) is 0 Å². The molecule has 0 aromatic heterocycles. The van der Waals surface area contributed by atoms with Gasteiger partial charge in [-0.25, -0.2) is 21.6 Å². The smallest absolute Gasteiger partial charge is 0.407 e. The van der Waals surface area contributed by atoms with E-state index in [9.17, 15) is 26.4 Å². The highest BCUT2D eigenvalue weighted by Gasteiger charge is 2.35. The average molecular weight is 710 g/mol. The van der Waals surface area contributed by atoms with E-state index in [1.807, 2.05) is 35.2 Å². The monoisotopic (exact) mass is 709 g/mol. The summed E-state index contributed by atoms with van der Waals surface area (Å²) in [5.74, 6) is 0.795. The zero-order chi connectivity index (χ0) is 34.8. The van der Waals surface area contributed by atoms with E-state index in [-0.39, 0.29) is 28.8 Å². The molecule has 49 heavy (non-hydrogen) atoms. The Kier molecular flexibility index (Phi) is 10.2. The summed E-state index contributed by atoms with van der Waals surface area (Å²) in [6.45, 7) is 2.13. The number of piperidine rings is 1. The van der Waals surface area contributed by atoms with Crippen molar-refractivity contribution in [2.24, 2.45) is 11.8 Å². The standard InChI is InChI=1S/C35H43N5O7S2/c1-38(48(2,43)44)33-16-13-30(39-22-29(23-39)37-35(42)47-24-25-7-4-3-5-8-25)21-32(33)34(41)36-28-11-14-31(15-12-28)49(45,46)40-19-17-27(18-20-40)26-9-6-10-26/h3-5,7-8,11-16,21,26-27,29H,6,9-10,17-20,22-24H2,1-2H3,(H,36,41)(H,37,42). The molecular weight excluding hydrogens is 667 g/mol. The van der Waals surface area contributed by atoms with Crippen LogP contribution in [0.15, 0.2) is 77.7 Å². The molecule has 14 heteroatoms. The first kappa shape index (κ1) is 34.7. The molecule has 0 bridgehead atoms. The highest BCUT2D eigenvalue weighted by Crippen LogP contribution is 2.39. The van der Waals surface area contributed by atoms with Gasteiger partial charge in [0, 0.05) is 44.6 Å². The molecule has 12 nitrogen and oxygen atoms in total. The van der Waals surface area contributed by atoms with Crippen molar-refractivity contribution in [3.63, 3.8) is 0 Å². The molecule has 3 aromatic carbocycles. The van der Waals surface area contributed by atoms with Crippen LogP contribution in [0.2, 0.25) is 0 Å². The van der Waals surface area contributed by atoms with Gasteiger partial charge in [0.2, 0.25) is 20.0 Å². The number of carbonyl (C=O) groups excluding carboxylic acids is 2. The van der Waals surface area contributed by atoms with E-state index in [0.717, 1.165) is 34.9 Å². The highest BCUT2D eigenvalue weighted by molar-refractivity contribution is 7.92. The van der Waals surface area contributed by atoms with Crippen molar-refractivity contribution in [3.05, 3.63) is 83.9 Å². The predicted molar refractivity (Wildman–Crippen MR) is 189 cm³/mol. The van der Waals surface area contributed by atoms with Crippen LogP contribution in [0.1, 0.15) is 48.0 Å². The molecule has 0 radical (unpaired) electrons. The lowest BCUT2D eigenvalue weighted by molar-refractivity contribution is 0.102. The zero-order valence-corrected chi connectivity index (χ0v) is 29.4. The molecule has 262 valence electrons. The Morgan fingerprint density at radius 1 is 0.878 bits per heavy atom. The third kappa shape index (κ3) is 8.03. The van der Waals surface area contributed by atoms with Crippen LogP contribution < -0.4 is 19.8 Å². The van der Waals surface area contributed by atoms with E-state index in [4.69, 9.17) is 4.74 Å². The van der Waals surface area contributed by atoms with Gasteiger partial charge in [0.25, 0.3) is 5.91 Å². The molecule has 6 rings (SSSR count). The van der Waals surface area contributed by atoms with E-state index in [2.05, 4.69) is 10.6 Å². The molecule has 2 amide bonds. The van der Waals surface area contributed by atoms with Gasteiger partial charge >= 0.3 is 6.09 Å². The number of anilines is 3. The van der Waals surface area contributed by atoms with Crippen molar-refractivity contribution in [2.75, 3.05) is 54.0 Å². The van der Waals surface area contributed by atoms with Crippen LogP contribution in [0.3, 0.4) is 0 Å². The lowest BCUT2D eigenvalue weighted by Crippen LogP contribution is -2.59. The van der Waals surface area contributed by atoms with E-state index in [1.54, 1.807) is 22.5 Å². The minimum atomic E-state index is -3.69. The topological polar surface area (TPSA) is 145 Å². The molecular formula is C35H43N5O7S2. The Morgan fingerprint density at radius 3 is 2.14 bits per heavy atom. The number of hydrogen-bond donors (Lipinski definition) is 2. The molecule has 2 saturated heterocycles. The van der Waals surface area contributed by atoms with Crippen molar-refractivity contribution in [1.82, 2.24) is 9.62 Å². The maximum atomic E-state index is 13.6. The van der Waals surface area contributed by atoms with Crippen molar-refractivity contribution in [1.29, 1.82) is 0 Å². The van der Waals surface area contributed by atoms with Gasteiger partial charge in [-0.3, -0.25) is 9.10 Å². The molecule has 3 fully saturated rings. The lowest BCUT2D eigenvalue weighted by atomic mass is 9.72. The second-order valence-corrected chi connectivity index (χ2v) is 17.1. The quantitative estimate of drug-likeness (QED) is 0.293. The molecule has 2 heterocycles. The average Bonchev–Trinajstić information content (AvgIpc) is 3.04. The van der Waals surface area contributed by atoms with Crippen molar-refractivity contribution in [2.45, 2.75) is 49.6 Å². The molecule has 1 saturated carbocycles. The van der Waals surface area contributed by atoms with Gasteiger partial charge in [-0.2, -0.15) is 4.31 Å². The third-order valence-electron chi connectivity index (χ3n) is 9.91. The van der Waals surface area contributed by atoms with Crippen LogP contribution in [0, 0.1) is 11.8 Å². The van der Waals surface area contributed by atoms with Crippen LogP contribution in [-0.4, -0.2) is 78.7 Å². The van der Waals surface area contributed by atoms with Crippen molar-refractivity contribution in [3.8, 4) is 0 Å². The fraction of sp³-hybridized carbons (Fsp3) is 0.429. The number of carbonyl (C=O) groups is 2. The summed E-state index contributed by atoms with van der Waals surface area (Å²) < 4.78 is 59.5. The molecule has 2 N–H and O–H groups in total. The fourth-order valence-electron chi connectivity index (χ4n) is 6.62. The number of amides is 2. The Hall–Kier alpha value is -4.14. The Balaban J connectivity index is 1.10. The van der Waals surface area contributed by atoms with Gasteiger partial charge in [-0.1, -0.05) is 49.6 Å². The van der Waals surface area contributed by atoms with Crippen LogP contribution in [0.25, 0.3) is 0 Å². The molecule has 3 aliphatic rings. The van der Waals surface area contributed by atoms with Crippen molar-refractivity contribution < 1.29 is 31.2 Å². The molecule has 2 aliphatic heterocycles. The maximum Gasteiger partial charge on any atom is 0.407 e. The summed E-state index contributed by atoms with van der Waals surface area (Å²) in [6, 6.07) is 20.2. The van der Waals surface area contributed by atoms with E-state index in [0.29, 0.717) is 43.5 Å². The van der Waals surface area contributed by atoms with Gasteiger partial charge in [0.1, 0.15) is 6.61 Å². The second-order valence-electron chi connectivity index (χ2n) is 13.2. The third-order valence-corrected chi connectivity index (χ3v) is 13.0. The Labute approximate surface area is 288 Å². The van der Waals surface area contributed by atoms with Crippen LogP contribution in [-0.2, 0) is 31.4 Å². The SMILES string of the molecule is CN(c1ccc(N2CC(NC(=O)OCc3ccccc3)C2)cc1C(=O)Nc1ccc(S(=O)(=O)N2CCC(C3CCC3)CC2)cc1)S(C)(=O)=O. The number of hydrogen-bond acceptors (Lipinski definition) is 8. The van der Waals surface area contributed by atoms with Crippen LogP contribution in [0.4, 0.5) is 21.9 Å². The number of rotatable bonds is 11. The van der Waals surface area contributed by atoms with E-state index >= 15 is 0 Å². The number of nitrogens with one attached hydrogen (secondary N) is 2. The van der Waals surface area contributed by atoms with Crippen molar-refractivity contribution >= 4 is 49.1 Å². The van der Waals surface area contributed by atoms with E-state index < -0.39 is 32.0 Å². The second kappa shape index (κ2) is 14.4. The van der Waals surface area contributed by atoms with Crippen LogP contribution >= 0.6 is 0 Å². The minimum absolute atomic E-state index is 0.120. The summed E-state index contributed by atoms with van der Waals surface area (Å²) >= 11 is 0. The van der Waals surface area contributed by atoms with Gasteiger partial charge in [-0.05, 0) is 72.7 Å². The normalized spacial score (nSPS) is 17.9. The Bertz CT molecular complexity index is 1870. The molecule has 1 aliphatic carbocycles. The summed E-state index contributed by atoms with van der Waals surface area (Å²) in [5.41, 5.74) is 2.23. The Morgan fingerprint density at radius 2 is 1.53 bits per heavy atom. The summed E-state index contributed by atoms with van der Waals surface area (Å²) in [4.78, 5) is 28.1. The molecule has 0 spiro atoms. The number of nitrogens with zero attached hydrogens (tertiary/aromatic N) is 3. The first-order chi connectivity index (χ1) is 23.4. The number of benzene rings is 3. The van der Waals surface area contributed by atoms with Gasteiger partial charge in [-0.15, -0.1) is 0 Å². The van der Waals surface area contributed by atoms with Gasteiger partial charge in [0.05, 0.1) is 28.4 Å². The predicted octanol–water partition coefficient (Wildman–Crippen LogP) is 4.65. The first-order valence-corrected chi connectivity index (χ1v) is 19.9. The summed E-state index contributed by atoms with van der Waals surface area (Å²) in [7, 11) is -5.98. The molecule has 0 unspecified atom stereocenters.